The van der Waals surface area contributed by atoms with Crippen LogP contribution in [-0.4, -0.2) is 24.9 Å². The van der Waals surface area contributed by atoms with Crippen LogP contribution in [0.15, 0.2) is 481 Å². The van der Waals surface area contributed by atoms with E-state index in [2.05, 4.69) is 422 Å². The molecule has 20 aromatic carbocycles. The number of benzene rings is 20. The van der Waals surface area contributed by atoms with Crippen molar-refractivity contribution in [3.05, 3.63) is 468 Å². The van der Waals surface area contributed by atoms with Crippen molar-refractivity contribution < 1.29 is 13.3 Å². The molecule has 0 amide bonds. The lowest BCUT2D eigenvalue weighted by Gasteiger charge is -2.18. The summed E-state index contributed by atoms with van der Waals surface area (Å²) in [5.41, 5.74) is 27.5. The van der Waals surface area contributed by atoms with Crippen molar-refractivity contribution in [3.63, 3.8) is 0 Å². The summed E-state index contributed by atoms with van der Waals surface area (Å²) in [5.74, 6) is 0. The summed E-state index contributed by atoms with van der Waals surface area (Å²) >= 11 is 0. The first kappa shape index (κ1) is 78.0. The van der Waals surface area contributed by atoms with E-state index in [1.54, 1.807) is 12.4 Å². The summed E-state index contributed by atoms with van der Waals surface area (Å²) < 4.78 is 19.1. The molecule has 0 aliphatic carbocycles. The Morgan fingerprint density at radius 1 is 0.141 bits per heavy atom. The molecule has 28 rings (SSSR count). The molecule has 8 aromatic heterocycles. The molecule has 0 spiro atoms. The number of rotatable bonds is 10. The van der Waals surface area contributed by atoms with Crippen LogP contribution in [0, 0.1) is 0 Å². The zero-order valence-corrected chi connectivity index (χ0v) is 72.9. The van der Waals surface area contributed by atoms with Gasteiger partial charge in [0.05, 0.1) is 28.5 Å². The number of aromatic nitrogens is 5. The molecular weight excluding hydrogens is 1640 g/mol. The van der Waals surface area contributed by atoms with Crippen LogP contribution in [-0.2, 0) is 0 Å². The first-order valence-electron chi connectivity index (χ1n) is 45.7. The molecule has 0 atom stereocenters. The third-order valence-electron chi connectivity index (χ3n) is 26.9. The van der Waals surface area contributed by atoms with E-state index >= 15 is 0 Å². The highest BCUT2D eigenvalue weighted by Gasteiger charge is 2.25. The molecule has 8 heteroatoms. The minimum absolute atomic E-state index is 0.898. The molecule has 0 N–H and O–H groups in total. The van der Waals surface area contributed by atoms with E-state index in [1.807, 2.05) is 42.9 Å². The molecule has 0 radical (unpaired) electrons. The van der Waals surface area contributed by atoms with E-state index in [9.17, 15) is 0 Å². The Hall–Kier alpha value is -18.1. The minimum Gasteiger partial charge on any atom is -0.456 e. The molecule has 28 aromatic rings. The van der Waals surface area contributed by atoms with Crippen LogP contribution in [0.1, 0.15) is 0 Å². The van der Waals surface area contributed by atoms with Gasteiger partial charge in [-0.3, -0.25) is 15.0 Å². The van der Waals surface area contributed by atoms with Crippen molar-refractivity contribution in [1.29, 1.82) is 0 Å². The van der Waals surface area contributed by atoms with Gasteiger partial charge in [0.2, 0.25) is 0 Å². The number of pyridine rings is 5. The maximum atomic E-state index is 6.39. The Morgan fingerprint density at radius 3 is 0.793 bits per heavy atom. The molecule has 8 heterocycles. The normalized spacial score (nSPS) is 11.7. The van der Waals surface area contributed by atoms with Crippen molar-refractivity contribution in [2.45, 2.75) is 0 Å². The van der Waals surface area contributed by atoms with E-state index in [0.29, 0.717) is 0 Å². The largest absolute Gasteiger partial charge is 0.456 e. The minimum atomic E-state index is 0.898. The molecule has 628 valence electrons. The van der Waals surface area contributed by atoms with Gasteiger partial charge in [-0.05, 0) is 274 Å². The second-order valence-corrected chi connectivity index (χ2v) is 34.7. The van der Waals surface area contributed by atoms with Crippen molar-refractivity contribution >= 4 is 163 Å². The Balaban J connectivity index is 0.000000106. The highest BCUT2D eigenvalue weighted by molar-refractivity contribution is 6.26. The fourth-order valence-electron chi connectivity index (χ4n) is 20.7. The Bertz CT molecular complexity index is 9400. The van der Waals surface area contributed by atoms with Gasteiger partial charge in [-0.15, -0.1) is 0 Å². The lowest BCUT2D eigenvalue weighted by atomic mass is 9.86. The quantitative estimate of drug-likeness (QED) is 0.125. The van der Waals surface area contributed by atoms with Crippen LogP contribution >= 0.6 is 0 Å². The zero-order valence-electron chi connectivity index (χ0n) is 72.9. The van der Waals surface area contributed by atoms with Gasteiger partial charge in [0.25, 0.3) is 0 Å². The number of fused-ring (bicyclic) bond motifs is 18. The predicted octanol–water partition coefficient (Wildman–Crippen LogP) is 34.8. The Labute approximate surface area is 775 Å². The second kappa shape index (κ2) is 32.5. The van der Waals surface area contributed by atoms with Gasteiger partial charge in [-0.1, -0.05) is 309 Å². The van der Waals surface area contributed by atoms with Gasteiger partial charge < -0.3 is 13.3 Å². The first-order chi connectivity index (χ1) is 66.9. The molecule has 0 fully saturated rings. The molecule has 0 unspecified atom stereocenters. The SMILES string of the molecule is c1cc(-c2ccncc2)nc(-c2c3ccccc3c(-c3ccc4oc5cc6ccccc6cc5c4c3)c3ccccc23)c1.c1ccc(-c2cc(-c3ccccc3)nc(-c3c4ccccc4c(-c4ccc5oc6cc7ccccc7cc6c5c4)c4ccccc34)c2)cc1.c1ccc2cc3c(cc2c1)oc1ccc(-c2c4ccccc4c(-c4ccc(-c5ccncc5)nc4)c4ccccc24)cc13. The molecule has 8 nitrogen and oxygen atoms in total. The van der Waals surface area contributed by atoms with Crippen LogP contribution in [0.5, 0.6) is 0 Å². The zero-order chi connectivity index (χ0) is 89.0. The molecule has 0 aliphatic heterocycles. The third kappa shape index (κ3) is 13.6. The summed E-state index contributed by atoms with van der Waals surface area (Å²) in [6.07, 6.45) is 9.22. The topological polar surface area (TPSA) is 104 Å². The standard InChI is InChI=1S/C47H29NO.2C40H24N2O/c1-3-13-30(14-4-1)35-27-42(31-15-5-2-6-16-31)48-43(28-35)47-38-21-11-9-19-36(38)46(37-20-10-12-22-39(37)47)34-23-24-44-40(26-34)41-25-32-17-7-8-18-33(32)29-45(41)49-44;1-2-9-27-24-38-34(22-26(27)8-1)33-23-28(16-17-37(33)43-38)39-29-10-3-5-12-31(29)40(32-13-6-4-11-30(32)39)36-15-7-14-35(42-36)25-18-20-41-21-19-25;1-2-8-27-23-38-35(21-26(27)7-1)34-22-28(14-16-37(34)43-38)39-30-9-3-5-11-32(30)40(33-12-6-4-10-31(33)39)29-13-15-36(42-24-29)25-17-19-41-20-18-25/h1-29H;2*1-24H. The Morgan fingerprint density at radius 2 is 0.422 bits per heavy atom. The monoisotopic (exact) mass is 1720 g/mol. The van der Waals surface area contributed by atoms with Gasteiger partial charge in [0, 0.05) is 96.7 Å². The summed E-state index contributed by atoms with van der Waals surface area (Å²) in [4.78, 5) is 23.7. The van der Waals surface area contributed by atoms with Crippen LogP contribution in [0.2, 0.25) is 0 Å². The van der Waals surface area contributed by atoms with Crippen LogP contribution in [0.25, 0.3) is 275 Å². The van der Waals surface area contributed by atoms with Gasteiger partial charge in [0.15, 0.2) is 0 Å². The van der Waals surface area contributed by atoms with Crippen LogP contribution in [0.3, 0.4) is 0 Å². The van der Waals surface area contributed by atoms with E-state index in [4.69, 9.17) is 28.2 Å². The maximum absolute atomic E-state index is 6.39. The lowest BCUT2D eigenvalue weighted by Crippen LogP contribution is -1.95. The molecule has 135 heavy (non-hydrogen) atoms. The number of hydrogen-bond donors (Lipinski definition) is 0. The predicted molar refractivity (Wildman–Crippen MR) is 562 cm³/mol. The molecular formula is C127H77N5O3. The average Bonchev–Trinajstić information content (AvgIpc) is 1.48. The fourth-order valence-corrected chi connectivity index (χ4v) is 20.7. The van der Waals surface area contributed by atoms with Gasteiger partial charge in [-0.2, -0.15) is 0 Å². The number of hydrogen-bond acceptors (Lipinski definition) is 8. The average molecular weight is 1720 g/mol. The molecule has 0 bridgehead atoms. The summed E-state index contributed by atoms with van der Waals surface area (Å²) in [5, 5.41) is 28.3. The van der Waals surface area contributed by atoms with Gasteiger partial charge >= 0.3 is 0 Å². The molecule has 0 saturated heterocycles. The summed E-state index contributed by atoms with van der Waals surface area (Å²) in [7, 11) is 0. The lowest BCUT2D eigenvalue weighted by molar-refractivity contribution is 0.669. The Kier molecular flexibility index (Phi) is 18.8. The number of furan rings is 3. The van der Waals surface area contributed by atoms with Crippen molar-refractivity contribution in [1.82, 2.24) is 24.9 Å². The van der Waals surface area contributed by atoms with Crippen molar-refractivity contribution in [2.24, 2.45) is 0 Å². The summed E-state index contributed by atoms with van der Waals surface area (Å²) in [6, 6.07) is 155. The van der Waals surface area contributed by atoms with Crippen molar-refractivity contribution in [2.75, 3.05) is 0 Å². The van der Waals surface area contributed by atoms with E-state index in [-0.39, 0.29) is 0 Å². The fraction of sp³-hybridized carbons (Fsp3) is 0. The van der Waals surface area contributed by atoms with E-state index in [1.165, 1.54) is 141 Å². The third-order valence-corrected chi connectivity index (χ3v) is 26.9. The van der Waals surface area contributed by atoms with E-state index in [0.717, 1.165) is 133 Å². The molecule has 0 saturated carbocycles. The first-order valence-corrected chi connectivity index (χ1v) is 45.7. The molecule has 0 aliphatic rings. The smallest absolute Gasteiger partial charge is 0.136 e. The second-order valence-electron chi connectivity index (χ2n) is 34.7. The van der Waals surface area contributed by atoms with Crippen LogP contribution in [0.4, 0.5) is 0 Å². The van der Waals surface area contributed by atoms with Crippen molar-refractivity contribution in [3.8, 4) is 112 Å². The van der Waals surface area contributed by atoms with Crippen LogP contribution < -0.4 is 0 Å². The van der Waals surface area contributed by atoms with Gasteiger partial charge in [0.1, 0.15) is 33.5 Å². The highest BCUT2D eigenvalue weighted by atomic mass is 16.3. The summed E-state index contributed by atoms with van der Waals surface area (Å²) in [6.45, 7) is 0. The van der Waals surface area contributed by atoms with E-state index < -0.39 is 0 Å². The maximum Gasteiger partial charge on any atom is 0.136 e. The number of nitrogens with zero attached hydrogens (tertiary/aromatic N) is 5. The highest BCUT2D eigenvalue weighted by Crippen LogP contribution is 2.51. The van der Waals surface area contributed by atoms with Gasteiger partial charge in [-0.25, -0.2) is 9.97 Å².